The molecule has 0 unspecified atom stereocenters. The van der Waals surface area contributed by atoms with Gasteiger partial charge in [0.15, 0.2) is 0 Å². The maximum atomic E-state index is 11.5. The summed E-state index contributed by atoms with van der Waals surface area (Å²) in [6.45, 7) is 5.65. The van der Waals surface area contributed by atoms with Gasteiger partial charge in [0.2, 0.25) is 11.8 Å². The Morgan fingerprint density at radius 2 is 2.04 bits per heavy atom. The summed E-state index contributed by atoms with van der Waals surface area (Å²) < 4.78 is 1.63. The molecule has 0 bridgehead atoms. The van der Waals surface area contributed by atoms with Crippen LogP contribution < -0.4 is 5.32 Å². The van der Waals surface area contributed by atoms with Crippen molar-refractivity contribution in [3.63, 3.8) is 0 Å². The monoisotopic (exact) mass is 330 g/mol. The lowest BCUT2D eigenvalue weighted by atomic mass is 9.86. The lowest BCUT2D eigenvalue weighted by Crippen LogP contribution is -2.31. The molecule has 24 heavy (non-hydrogen) atoms. The molecule has 2 aromatic rings. The van der Waals surface area contributed by atoms with Gasteiger partial charge < -0.3 is 5.32 Å². The van der Waals surface area contributed by atoms with Gasteiger partial charge in [-0.15, -0.1) is 0 Å². The van der Waals surface area contributed by atoms with Gasteiger partial charge in [-0.25, -0.2) is 9.97 Å². The highest BCUT2D eigenvalue weighted by molar-refractivity contribution is 5.54. The molecule has 1 N–H and O–H groups in total. The Hall–Kier alpha value is -2.51. The predicted molar refractivity (Wildman–Crippen MR) is 90.3 cm³/mol. The average molecular weight is 330 g/mol. The zero-order chi connectivity index (χ0) is 17.3. The summed E-state index contributed by atoms with van der Waals surface area (Å²) in [5.41, 5.74) is 0.266. The van der Waals surface area contributed by atoms with Crippen molar-refractivity contribution in [2.45, 2.75) is 52.5 Å². The molecule has 2 atom stereocenters. The first kappa shape index (κ1) is 16.4. The Bertz CT molecular complexity index is 757. The molecule has 1 aliphatic carbocycles. The molecule has 1 saturated carbocycles. The molecule has 8 nitrogen and oxygen atoms in total. The van der Waals surface area contributed by atoms with E-state index in [1.165, 1.54) is 19.3 Å². The molecule has 0 saturated heterocycles. The number of anilines is 1. The van der Waals surface area contributed by atoms with Gasteiger partial charge in [-0.2, -0.15) is 4.98 Å². The smallest absolute Gasteiger partial charge is 0.333 e. The largest absolute Gasteiger partial charge is 0.351 e. The molecule has 1 fully saturated rings. The normalized spacial score (nSPS) is 20.8. The van der Waals surface area contributed by atoms with Crippen LogP contribution >= 0.6 is 0 Å². The molecule has 2 heterocycles. The molecule has 3 rings (SSSR count). The Morgan fingerprint density at radius 3 is 2.67 bits per heavy atom. The van der Waals surface area contributed by atoms with Crippen molar-refractivity contribution in [2.24, 2.45) is 5.92 Å². The summed E-state index contributed by atoms with van der Waals surface area (Å²) in [5, 5.41) is 14.9. The molecule has 2 aromatic heterocycles. The van der Waals surface area contributed by atoms with E-state index in [1.54, 1.807) is 30.8 Å². The van der Waals surface area contributed by atoms with E-state index in [-0.39, 0.29) is 11.5 Å². The first-order valence-electron chi connectivity index (χ1n) is 8.27. The van der Waals surface area contributed by atoms with Crippen molar-refractivity contribution >= 4 is 11.6 Å². The maximum Gasteiger partial charge on any atom is 0.333 e. The van der Waals surface area contributed by atoms with Gasteiger partial charge in [0, 0.05) is 18.4 Å². The molecular weight excluding hydrogens is 308 g/mol. The number of aryl methyl sites for hydroxylation is 2. The fourth-order valence-corrected chi connectivity index (χ4v) is 3.30. The fraction of sp³-hybridized carbons (Fsp3) is 0.562. The van der Waals surface area contributed by atoms with Gasteiger partial charge in [-0.05, 0) is 32.6 Å². The van der Waals surface area contributed by atoms with Gasteiger partial charge in [0.05, 0.1) is 4.92 Å². The second-order valence-corrected chi connectivity index (χ2v) is 6.42. The minimum Gasteiger partial charge on any atom is -0.351 e. The summed E-state index contributed by atoms with van der Waals surface area (Å²) in [6.07, 6.45) is 7.96. The molecule has 0 aromatic carbocycles. The van der Waals surface area contributed by atoms with Crippen LogP contribution in [-0.4, -0.2) is 30.5 Å². The summed E-state index contributed by atoms with van der Waals surface area (Å²) in [7, 11) is 0. The van der Waals surface area contributed by atoms with E-state index >= 15 is 0 Å². The molecule has 8 heteroatoms. The highest BCUT2D eigenvalue weighted by Crippen LogP contribution is 2.29. The number of nitro groups is 1. The van der Waals surface area contributed by atoms with E-state index in [0.29, 0.717) is 29.4 Å². The van der Waals surface area contributed by atoms with Crippen molar-refractivity contribution in [1.29, 1.82) is 0 Å². The van der Waals surface area contributed by atoms with Crippen LogP contribution in [-0.2, 0) is 0 Å². The lowest BCUT2D eigenvalue weighted by Gasteiger charge is -2.29. The van der Waals surface area contributed by atoms with Crippen LogP contribution in [0.5, 0.6) is 0 Å². The Morgan fingerprint density at radius 1 is 1.29 bits per heavy atom. The van der Waals surface area contributed by atoms with Crippen LogP contribution in [0, 0.1) is 29.9 Å². The second-order valence-electron chi connectivity index (χ2n) is 6.42. The third kappa shape index (κ3) is 3.08. The summed E-state index contributed by atoms with van der Waals surface area (Å²) in [4.78, 5) is 24.0. The molecule has 0 spiro atoms. The van der Waals surface area contributed by atoms with Crippen LogP contribution in [0.15, 0.2) is 12.4 Å². The van der Waals surface area contributed by atoms with Crippen molar-refractivity contribution in [3.8, 4) is 5.82 Å². The number of nitrogens with one attached hydrogen (secondary N) is 1. The fourth-order valence-electron chi connectivity index (χ4n) is 3.30. The van der Waals surface area contributed by atoms with Gasteiger partial charge in [-0.3, -0.25) is 14.7 Å². The molecule has 1 aliphatic rings. The number of nitrogens with zero attached hydrogens (tertiary/aromatic N) is 5. The van der Waals surface area contributed by atoms with Crippen LogP contribution in [0.3, 0.4) is 0 Å². The topological polar surface area (TPSA) is 98.8 Å². The van der Waals surface area contributed by atoms with Crippen LogP contribution in [0.25, 0.3) is 5.82 Å². The van der Waals surface area contributed by atoms with E-state index < -0.39 is 4.92 Å². The number of hydrogen-bond donors (Lipinski definition) is 1. The number of rotatable bonds is 4. The van der Waals surface area contributed by atoms with E-state index in [1.807, 2.05) is 0 Å². The first-order chi connectivity index (χ1) is 11.5. The minimum absolute atomic E-state index is 0.0849. The van der Waals surface area contributed by atoms with Gasteiger partial charge in [-0.1, -0.05) is 19.8 Å². The van der Waals surface area contributed by atoms with Gasteiger partial charge >= 0.3 is 5.69 Å². The molecular formula is C16H22N6O2. The Balaban J connectivity index is 2.01. The molecule has 0 radical (unpaired) electrons. The standard InChI is InChI=1S/C16H22N6O2/c1-10-6-4-5-7-13(10)19-16-18-11(2)14(22(23)24)15(20-16)21-9-8-17-12(21)3/h8-10,13H,4-7H2,1-3H3,(H,18,19,20)/t10-,13+/m1/s1. The van der Waals surface area contributed by atoms with Gasteiger partial charge in [0.1, 0.15) is 11.5 Å². The summed E-state index contributed by atoms with van der Waals surface area (Å²) >= 11 is 0. The predicted octanol–water partition coefficient (Wildman–Crippen LogP) is 3.18. The third-order valence-electron chi connectivity index (χ3n) is 4.70. The van der Waals surface area contributed by atoms with Crippen molar-refractivity contribution in [3.05, 3.63) is 34.0 Å². The number of aromatic nitrogens is 4. The zero-order valence-corrected chi connectivity index (χ0v) is 14.2. The minimum atomic E-state index is -0.433. The van der Waals surface area contributed by atoms with Crippen LogP contribution in [0.2, 0.25) is 0 Å². The second kappa shape index (κ2) is 6.54. The third-order valence-corrected chi connectivity index (χ3v) is 4.70. The van der Waals surface area contributed by atoms with Gasteiger partial charge in [0.25, 0.3) is 0 Å². The Kier molecular flexibility index (Phi) is 4.46. The zero-order valence-electron chi connectivity index (χ0n) is 14.2. The van der Waals surface area contributed by atoms with E-state index in [9.17, 15) is 10.1 Å². The summed E-state index contributed by atoms with van der Waals surface area (Å²) in [5.74, 6) is 1.89. The Labute approximate surface area is 140 Å². The lowest BCUT2D eigenvalue weighted by molar-refractivity contribution is -0.385. The van der Waals surface area contributed by atoms with Crippen molar-refractivity contribution in [1.82, 2.24) is 19.5 Å². The maximum absolute atomic E-state index is 11.5. The SMILES string of the molecule is Cc1nc(N[C@H]2CCCC[C@H]2C)nc(-n2ccnc2C)c1[N+](=O)[O-]. The van der Waals surface area contributed by atoms with E-state index in [0.717, 1.165) is 6.42 Å². The quantitative estimate of drug-likeness (QED) is 0.683. The van der Waals surface area contributed by atoms with Crippen LogP contribution in [0.4, 0.5) is 11.6 Å². The number of hydrogen-bond acceptors (Lipinski definition) is 6. The molecule has 128 valence electrons. The van der Waals surface area contributed by atoms with E-state index in [2.05, 4.69) is 27.2 Å². The van der Waals surface area contributed by atoms with Crippen molar-refractivity contribution in [2.75, 3.05) is 5.32 Å². The van der Waals surface area contributed by atoms with Crippen LogP contribution in [0.1, 0.15) is 44.1 Å². The molecule has 0 amide bonds. The highest BCUT2D eigenvalue weighted by Gasteiger charge is 2.27. The first-order valence-corrected chi connectivity index (χ1v) is 8.27. The highest BCUT2D eigenvalue weighted by atomic mass is 16.6. The van der Waals surface area contributed by atoms with Crippen molar-refractivity contribution < 1.29 is 4.92 Å². The van der Waals surface area contributed by atoms with E-state index in [4.69, 9.17) is 0 Å². The summed E-state index contributed by atoms with van der Waals surface area (Å²) in [6, 6.07) is 0.302. The number of imidazole rings is 1. The molecule has 0 aliphatic heterocycles. The average Bonchev–Trinajstić information content (AvgIpc) is 2.94.